The first-order valence-corrected chi connectivity index (χ1v) is 8.86. The molecule has 3 aromatic rings. The Morgan fingerprint density at radius 2 is 2.04 bits per heavy atom. The lowest BCUT2D eigenvalue weighted by Gasteiger charge is -2.13. The highest BCUT2D eigenvalue weighted by molar-refractivity contribution is 5.94. The van der Waals surface area contributed by atoms with Gasteiger partial charge in [-0.25, -0.2) is 4.98 Å². The molecule has 1 aliphatic rings. The highest BCUT2D eigenvalue weighted by Gasteiger charge is 2.12. The zero-order valence-electron chi connectivity index (χ0n) is 14.8. The van der Waals surface area contributed by atoms with E-state index >= 15 is 0 Å². The van der Waals surface area contributed by atoms with Crippen molar-refractivity contribution in [2.24, 2.45) is 0 Å². The van der Waals surface area contributed by atoms with Gasteiger partial charge in [-0.2, -0.15) is 0 Å². The van der Waals surface area contributed by atoms with Crippen LogP contribution in [0.25, 0.3) is 22.5 Å². The van der Waals surface area contributed by atoms with E-state index in [1.165, 1.54) is 5.57 Å². The minimum absolute atomic E-state index is 0.0805. The van der Waals surface area contributed by atoms with Crippen LogP contribution < -0.4 is 5.32 Å². The third kappa shape index (κ3) is 3.60. The number of ether oxygens (including phenoxy) is 1. The number of amides is 1. The van der Waals surface area contributed by atoms with Crippen molar-refractivity contribution in [1.29, 1.82) is 0 Å². The lowest BCUT2D eigenvalue weighted by atomic mass is 10.1. The van der Waals surface area contributed by atoms with Crippen molar-refractivity contribution in [2.45, 2.75) is 6.42 Å². The van der Waals surface area contributed by atoms with Crippen molar-refractivity contribution in [2.75, 3.05) is 26.4 Å². The molecule has 0 fully saturated rings. The summed E-state index contributed by atoms with van der Waals surface area (Å²) in [6.07, 6.45) is 8.51. The molecule has 1 amide bonds. The number of hydrogen-bond donors (Lipinski definition) is 2. The van der Waals surface area contributed by atoms with E-state index in [1.807, 2.05) is 28.9 Å². The molecule has 2 N–H and O–H groups in total. The van der Waals surface area contributed by atoms with E-state index in [2.05, 4.69) is 21.4 Å². The first-order chi connectivity index (χ1) is 13.3. The molecule has 2 aromatic heterocycles. The van der Waals surface area contributed by atoms with Crippen LogP contribution in [0.5, 0.6) is 0 Å². The molecular formula is C20H20N4O3. The first-order valence-electron chi connectivity index (χ1n) is 8.86. The zero-order chi connectivity index (χ0) is 18.6. The van der Waals surface area contributed by atoms with Gasteiger partial charge in [-0.3, -0.25) is 14.2 Å². The van der Waals surface area contributed by atoms with Gasteiger partial charge in [0.15, 0.2) is 0 Å². The summed E-state index contributed by atoms with van der Waals surface area (Å²) in [4.78, 5) is 21.0. The van der Waals surface area contributed by atoms with Gasteiger partial charge in [0, 0.05) is 23.9 Å². The summed E-state index contributed by atoms with van der Waals surface area (Å²) in [6.45, 7) is 1.48. The Labute approximate surface area is 156 Å². The highest BCUT2D eigenvalue weighted by atomic mass is 16.5. The molecule has 0 aliphatic carbocycles. The Hall–Kier alpha value is -3.03. The largest absolute Gasteiger partial charge is 0.395 e. The zero-order valence-corrected chi connectivity index (χ0v) is 14.8. The maximum atomic E-state index is 12.0. The topological polar surface area (TPSA) is 88.8 Å². The van der Waals surface area contributed by atoms with E-state index in [-0.39, 0.29) is 19.1 Å². The quantitative estimate of drug-likeness (QED) is 0.722. The maximum Gasteiger partial charge on any atom is 0.251 e. The molecule has 3 heterocycles. The average molecular weight is 364 g/mol. The minimum atomic E-state index is -0.207. The molecule has 0 bridgehead atoms. The van der Waals surface area contributed by atoms with Crippen LogP contribution >= 0.6 is 0 Å². The maximum absolute atomic E-state index is 12.0. The van der Waals surface area contributed by atoms with Crippen LogP contribution in [-0.2, 0) is 4.74 Å². The molecule has 0 spiro atoms. The number of aliphatic hydroxyl groups is 1. The normalized spacial score (nSPS) is 14.2. The summed E-state index contributed by atoms with van der Waals surface area (Å²) in [7, 11) is 0. The van der Waals surface area contributed by atoms with Crippen molar-refractivity contribution in [1.82, 2.24) is 19.7 Å². The molecule has 0 atom stereocenters. The molecule has 0 unspecified atom stereocenters. The molecule has 138 valence electrons. The highest BCUT2D eigenvalue weighted by Crippen LogP contribution is 2.24. The Morgan fingerprint density at radius 3 is 2.78 bits per heavy atom. The molecule has 1 aliphatic heterocycles. The van der Waals surface area contributed by atoms with Crippen LogP contribution in [0.2, 0.25) is 0 Å². The van der Waals surface area contributed by atoms with E-state index in [4.69, 9.17) is 9.84 Å². The van der Waals surface area contributed by atoms with Crippen molar-refractivity contribution in [3.05, 3.63) is 60.2 Å². The second kappa shape index (κ2) is 7.69. The second-order valence-corrected chi connectivity index (χ2v) is 6.26. The number of benzene rings is 1. The smallest absolute Gasteiger partial charge is 0.251 e. The number of hydrogen-bond acceptors (Lipinski definition) is 5. The first kappa shape index (κ1) is 17.4. The van der Waals surface area contributed by atoms with Crippen molar-refractivity contribution in [3.63, 3.8) is 0 Å². The fraction of sp³-hybridized carbons (Fsp3) is 0.250. The van der Waals surface area contributed by atoms with Crippen LogP contribution in [0, 0.1) is 0 Å². The number of aliphatic hydroxyl groups excluding tert-OH is 1. The summed E-state index contributed by atoms with van der Waals surface area (Å²) in [5.41, 5.74) is 4.46. The third-order valence-electron chi connectivity index (χ3n) is 4.51. The Bertz CT molecular complexity index is 992. The van der Waals surface area contributed by atoms with Gasteiger partial charge in [0.05, 0.1) is 43.4 Å². The van der Waals surface area contributed by atoms with Gasteiger partial charge < -0.3 is 15.2 Å². The van der Waals surface area contributed by atoms with Crippen molar-refractivity contribution < 1.29 is 14.6 Å². The number of fused-ring (bicyclic) bond motifs is 1. The van der Waals surface area contributed by atoms with E-state index in [0.717, 1.165) is 29.0 Å². The van der Waals surface area contributed by atoms with Crippen molar-refractivity contribution in [3.8, 4) is 11.4 Å². The third-order valence-corrected chi connectivity index (χ3v) is 4.51. The van der Waals surface area contributed by atoms with Gasteiger partial charge in [0.25, 0.3) is 5.91 Å². The summed E-state index contributed by atoms with van der Waals surface area (Å²) in [5.74, 6) is 0.588. The minimum Gasteiger partial charge on any atom is -0.395 e. The van der Waals surface area contributed by atoms with E-state index in [1.54, 1.807) is 18.3 Å². The number of aromatic nitrogens is 3. The van der Waals surface area contributed by atoms with E-state index in [0.29, 0.717) is 18.8 Å². The summed E-state index contributed by atoms with van der Waals surface area (Å²) in [5, 5.41) is 11.4. The summed E-state index contributed by atoms with van der Waals surface area (Å²) >= 11 is 0. The molecular weight excluding hydrogens is 344 g/mol. The van der Waals surface area contributed by atoms with Crippen LogP contribution in [0.1, 0.15) is 22.5 Å². The predicted octanol–water partition coefficient (Wildman–Crippen LogP) is 1.92. The fourth-order valence-electron chi connectivity index (χ4n) is 3.08. The van der Waals surface area contributed by atoms with E-state index in [9.17, 15) is 4.79 Å². The van der Waals surface area contributed by atoms with Crippen molar-refractivity contribution >= 4 is 17.0 Å². The lowest BCUT2D eigenvalue weighted by molar-refractivity contribution is 0.0945. The number of nitrogens with one attached hydrogen (secondary N) is 1. The van der Waals surface area contributed by atoms with E-state index < -0.39 is 0 Å². The monoisotopic (exact) mass is 364 g/mol. The Balaban J connectivity index is 1.65. The molecule has 0 saturated heterocycles. The van der Waals surface area contributed by atoms with Gasteiger partial charge in [-0.05, 0) is 24.1 Å². The number of rotatable bonds is 5. The Kier molecular flexibility index (Phi) is 4.95. The SMILES string of the molecule is O=C(NCCO)c1ccc(-c2ncc3cnc(C4=CCOCC4)cn23)cc1. The average Bonchev–Trinajstić information content (AvgIpc) is 3.16. The molecule has 27 heavy (non-hydrogen) atoms. The number of carbonyl (C=O) groups is 1. The molecule has 7 nitrogen and oxygen atoms in total. The Morgan fingerprint density at radius 1 is 1.22 bits per heavy atom. The van der Waals surface area contributed by atoms with Gasteiger partial charge >= 0.3 is 0 Å². The summed E-state index contributed by atoms with van der Waals surface area (Å²) < 4.78 is 7.39. The molecule has 7 heteroatoms. The molecule has 1 aromatic carbocycles. The predicted molar refractivity (Wildman–Crippen MR) is 101 cm³/mol. The van der Waals surface area contributed by atoms with Gasteiger partial charge in [-0.1, -0.05) is 18.2 Å². The van der Waals surface area contributed by atoms with Crippen LogP contribution in [-0.4, -0.2) is 51.7 Å². The van der Waals surface area contributed by atoms with Crippen LogP contribution in [0.15, 0.2) is 48.9 Å². The van der Waals surface area contributed by atoms with Crippen LogP contribution in [0.4, 0.5) is 0 Å². The van der Waals surface area contributed by atoms with Gasteiger partial charge in [0.2, 0.25) is 0 Å². The molecule has 0 saturated carbocycles. The van der Waals surface area contributed by atoms with Crippen LogP contribution in [0.3, 0.4) is 0 Å². The summed E-state index contributed by atoms with van der Waals surface area (Å²) in [6, 6.07) is 7.26. The number of carbonyl (C=O) groups excluding carboxylic acids is 1. The molecule has 0 radical (unpaired) electrons. The standard InChI is InChI=1S/C20H20N4O3/c25-8-7-21-20(26)16-3-1-15(2-4-16)19-23-12-17-11-22-18(13-24(17)19)14-5-9-27-10-6-14/h1-5,11-13,25H,6-10H2,(H,21,26). The molecule has 4 rings (SSSR count). The number of imidazole rings is 1. The lowest BCUT2D eigenvalue weighted by Crippen LogP contribution is -2.26. The van der Waals surface area contributed by atoms with Gasteiger partial charge in [-0.15, -0.1) is 0 Å². The second-order valence-electron chi connectivity index (χ2n) is 6.26. The fourth-order valence-corrected chi connectivity index (χ4v) is 3.08. The number of nitrogens with zero attached hydrogens (tertiary/aromatic N) is 3. The van der Waals surface area contributed by atoms with Gasteiger partial charge in [0.1, 0.15) is 5.82 Å².